The second-order valence-corrected chi connectivity index (χ2v) is 6.50. The van der Waals surface area contributed by atoms with Crippen LogP contribution in [0.4, 0.5) is 0 Å². The minimum atomic E-state index is -0.175. The van der Waals surface area contributed by atoms with Gasteiger partial charge in [-0.15, -0.1) is 0 Å². The van der Waals surface area contributed by atoms with E-state index < -0.39 is 0 Å². The van der Waals surface area contributed by atoms with Gasteiger partial charge in [0.05, 0.1) is 13.2 Å². The van der Waals surface area contributed by atoms with E-state index in [2.05, 4.69) is 31.2 Å². The first-order valence-electron chi connectivity index (χ1n) is 9.06. The third-order valence-electron chi connectivity index (χ3n) is 4.46. The number of hydrogen-bond acceptors (Lipinski definition) is 3. The van der Waals surface area contributed by atoms with Crippen molar-refractivity contribution >= 4 is 5.57 Å². The smallest absolute Gasteiger partial charge is 0.119 e. The van der Waals surface area contributed by atoms with Gasteiger partial charge in [-0.25, -0.2) is 0 Å². The van der Waals surface area contributed by atoms with Crippen LogP contribution in [0.2, 0.25) is 0 Å². The van der Waals surface area contributed by atoms with Gasteiger partial charge < -0.3 is 15.6 Å². The lowest BCUT2D eigenvalue weighted by atomic mass is 9.87. The topological polar surface area (TPSA) is 55.5 Å². The van der Waals surface area contributed by atoms with E-state index in [1.54, 1.807) is 0 Å². The van der Waals surface area contributed by atoms with Gasteiger partial charge in [-0.2, -0.15) is 0 Å². The molecule has 0 amide bonds. The van der Waals surface area contributed by atoms with Crippen LogP contribution in [0.25, 0.3) is 5.57 Å². The summed E-state index contributed by atoms with van der Waals surface area (Å²) in [7, 11) is 0. The number of aryl methyl sites for hydroxylation is 1. The maximum absolute atomic E-state index is 9.16. The van der Waals surface area contributed by atoms with E-state index in [1.165, 1.54) is 42.4 Å². The molecule has 3 heteroatoms. The molecule has 0 radical (unpaired) electrons. The first-order chi connectivity index (χ1) is 11.2. The van der Waals surface area contributed by atoms with Crippen LogP contribution in [0.3, 0.4) is 0 Å². The van der Waals surface area contributed by atoms with Crippen molar-refractivity contribution in [2.75, 3.05) is 13.2 Å². The summed E-state index contributed by atoms with van der Waals surface area (Å²) in [5.74, 6) is 0.979. The standard InChI is InChI=1S/C20H31NO2/c1-2-3-4-5-6-12-23-19-10-11-20-16(13-18(21)15-22)8-7-9-17(20)14-19/h8,10-11,14,18,22H,2-7,9,12-13,15,21H2,1H3/t18-/m0/s1. The van der Waals surface area contributed by atoms with E-state index in [0.717, 1.165) is 38.0 Å². The van der Waals surface area contributed by atoms with E-state index in [-0.39, 0.29) is 12.6 Å². The molecule has 3 N–H and O–H groups in total. The molecule has 1 aromatic carbocycles. The monoisotopic (exact) mass is 317 g/mol. The molecule has 0 aliphatic heterocycles. The van der Waals surface area contributed by atoms with Crippen molar-refractivity contribution < 1.29 is 9.84 Å². The number of hydrogen-bond donors (Lipinski definition) is 2. The van der Waals surface area contributed by atoms with Crippen LogP contribution >= 0.6 is 0 Å². The molecule has 0 bridgehead atoms. The molecule has 1 aliphatic rings. The van der Waals surface area contributed by atoms with Crippen molar-refractivity contribution in [3.05, 3.63) is 35.4 Å². The Bertz CT molecular complexity index is 510. The predicted molar refractivity (Wildman–Crippen MR) is 96.7 cm³/mol. The first kappa shape index (κ1) is 18.0. The van der Waals surface area contributed by atoms with E-state index in [9.17, 15) is 0 Å². The Morgan fingerprint density at radius 3 is 2.83 bits per heavy atom. The largest absolute Gasteiger partial charge is 0.494 e. The fourth-order valence-electron chi connectivity index (χ4n) is 3.13. The van der Waals surface area contributed by atoms with E-state index in [1.807, 2.05) is 0 Å². The highest BCUT2D eigenvalue weighted by atomic mass is 16.5. The molecule has 0 fully saturated rings. The molecule has 1 aromatic rings. The summed E-state index contributed by atoms with van der Waals surface area (Å²) in [5, 5.41) is 9.16. The lowest BCUT2D eigenvalue weighted by molar-refractivity contribution is 0.267. The Balaban J connectivity index is 1.88. The highest BCUT2D eigenvalue weighted by Crippen LogP contribution is 2.32. The molecule has 3 nitrogen and oxygen atoms in total. The maximum Gasteiger partial charge on any atom is 0.119 e. The normalized spacial score (nSPS) is 15.0. The van der Waals surface area contributed by atoms with Gasteiger partial charge in [0.15, 0.2) is 0 Å². The minimum absolute atomic E-state index is 0.0336. The Morgan fingerprint density at radius 2 is 2.04 bits per heavy atom. The highest BCUT2D eigenvalue weighted by molar-refractivity contribution is 5.71. The first-order valence-corrected chi connectivity index (χ1v) is 9.06. The maximum atomic E-state index is 9.16. The molecule has 0 saturated carbocycles. The second-order valence-electron chi connectivity index (χ2n) is 6.50. The quantitative estimate of drug-likeness (QED) is 0.639. The van der Waals surface area contributed by atoms with Crippen molar-refractivity contribution in [3.8, 4) is 5.75 Å². The third-order valence-corrected chi connectivity index (χ3v) is 4.46. The Kier molecular flexibility index (Phi) is 7.63. The number of aliphatic hydroxyl groups excluding tert-OH is 1. The van der Waals surface area contributed by atoms with Crippen molar-refractivity contribution in [1.29, 1.82) is 0 Å². The van der Waals surface area contributed by atoms with Crippen LogP contribution in [0.1, 0.15) is 63.0 Å². The predicted octanol–water partition coefficient (Wildman–Crippen LogP) is 4.08. The van der Waals surface area contributed by atoms with Gasteiger partial charge in [0.2, 0.25) is 0 Å². The number of fused-ring (bicyclic) bond motifs is 1. The summed E-state index contributed by atoms with van der Waals surface area (Å²) in [5.41, 5.74) is 9.77. The SMILES string of the molecule is CCCCCCCOc1ccc2c(c1)CCC=C2C[C@H](N)CO. The van der Waals surface area contributed by atoms with Crippen molar-refractivity contribution in [2.24, 2.45) is 5.73 Å². The minimum Gasteiger partial charge on any atom is -0.494 e. The number of ether oxygens (including phenoxy) is 1. The third kappa shape index (κ3) is 5.67. The van der Waals surface area contributed by atoms with Gasteiger partial charge in [0.25, 0.3) is 0 Å². The van der Waals surface area contributed by atoms with Gasteiger partial charge >= 0.3 is 0 Å². The fraction of sp³-hybridized carbons (Fsp3) is 0.600. The molecule has 0 aromatic heterocycles. The molecule has 1 aliphatic carbocycles. The van der Waals surface area contributed by atoms with Crippen LogP contribution in [-0.2, 0) is 6.42 Å². The van der Waals surface area contributed by atoms with Gasteiger partial charge in [0, 0.05) is 6.04 Å². The lowest BCUT2D eigenvalue weighted by Crippen LogP contribution is -2.25. The molecule has 128 valence electrons. The molecule has 1 atom stereocenters. The molecule has 0 spiro atoms. The molecular weight excluding hydrogens is 286 g/mol. The van der Waals surface area contributed by atoms with E-state index >= 15 is 0 Å². The van der Waals surface area contributed by atoms with Crippen LogP contribution in [0, 0.1) is 0 Å². The fourth-order valence-corrected chi connectivity index (χ4v) is 3.13. The van der Waals surface area contributed by atoms with Crippen molar-refractivity contribution in [2.45, 2.75) is 64.3 Å². The summed E-state index contributed by atoms with van der Waals surface area (Å²) in [6.07, 6.45) is 11.4. The zero-order valence-corrected chi connectivity index (χ0v) is 14.4. The van der Waals surface area contributed by atoms with Crippen LogP contribution < -0.4 is 10.5 Å². The zero-order valence-electron chi connectivity index (χ0n) is 14.4. The summed E-state index contributed by atoms with van der Waals surface area (Å²) in [6, 6.07) is 6.22. The number of benzene rings is 1. The van der Waals surface area contributed by atoms with Gasteiger partial charge in [-0.3, -0.25) is 0 Å². The number of aliphatic hydroxyl groups is 1. The molecular formula is C20H31NO2. The average Bonchev–Trinajstić information content (AvgIpc) is 2.58. The molecule has 2 rings (SSSR count). The van der Waals surface area contributed by atoms with Crippen molar-refractivity contribution in [3.63, 3.8) is 0 Å². The molecule has 0 unspecified atom stereocenters. The number of unbranched alkanes of at least 4 members (excludes halogenated alkanes) is 4. The van der Waals surface area contributed by atoms with E-state index in [0.29, 0.717) is 0 Å². The molecule has 23 heavy (non-hydrogen) atoms. The van der Waals surface area contributed by atoms with Crippen molar-refractivity contribution in [1.82, 2.24) is 0 Å². The Labute approximate surface area is 140 Å². The molecule has 0 heterocycles. The van der Waals surface area contributed by atoms with Gasteiger partial charge in [0.1, 0.15) is 5.75 Å². The highest BCUT2D eigenvalue weighted by Gasteiger charge is 2.15. The number of allylic oxidation sites excluding steroid dienone is 1. The Hall–Kier alpha value is -1.32. The summed E-state index contributed by atoms with van der Waals surface area (Å²) in [6.45, 7) is 3.08. The number of nitrogens with two attached hydrogens (primary N) is 1. The van der Waals surface area contributed by atoms with Crippen LogP contribution in [0.15, 0.2) is 24.3 Å². The number of rotatable bonds is 10. The van der Waals surface area contributed by atoms with Crippen LogP contribution in [0.5, 0.6) is 5.75 Å². The summed E-state index contributed by atoms with van der Waals surface area (Å²) in [4.78, 5) is 0. The average molecular weight is 317 g/mol. The van der Waals surface area contributed by atoms with Gasteiger partial charge in [-0.05, 0) is 54.5 Å². The summed E-state index contributed by atoms with van der Waals surface area (Å²) < 4.78 is 5.91. The molecule has 0 saturated heterocycles. The zero-order chi connectivity index (χ0) is 16.5. The lowest BCUT2D eigenvalue weighted by Gasteiger charge is -2.21. The Morgan fingerprint density at radius 1 is 1.22 bits per heavy atom. The van der Waals surface area contributed by atoms with Gasteiger partial charge in [-0.1, -0.05) is 44.7 Å². The van der Waals surface area contributed by atoms with Crippen LogP contribution in [-0.4, -0.2) is 24.4 Å². The van der Waals surface area contributed by atoms with E-state index in [4.69, 9.17) is 15.6 Å². The second kappa shape index (κ2) is 9.74. The summed E-state index contributed by atoms with van der Waals surface area (Å²) >= 11 is 0.